The van der Waals surface area contributed by atoms with Gasteiger partial charge in [0.2, 0.25) is 5.95 Å². The summed E-state index contributed by atoms with van der Waals surface area (Å²) in [6.45, 7) is 0. The molecule has 0 unspecified atom stereocenters. The molecule has 0 aliphatic heterocycles. The molecule has 3 N–H and O–H groups in total. The van der Waals surface area contributed by atoms with E-state index < -0.39 is 0 Å². The summed E-state index contributed by atoms with van der Waals surface area (Å²) in [5, 5.41) is 13.0. The van der Waals surface area contributed by atoms with Crippen molar-refractivity contribution >= 4 is 17.0 Å². The molecule has 0 atom stereocenters. The Balaban J connectivity index is 1.34. The zero-order valence-corrected chi connectivity index (χ0v) is 16.8. The number of aliphatic hydroxyl groups excluding tert-OH is 1. The Bertz CT molecular complexity index is 1270. The standard InChI is InChI=1S/C23H21N7O/c31-18-6-4-16(5-7-18)29-23-25-12-10-20(30-23)22-24-11-9-17(28-22)3-1-15-2-8-19-21(13-15)27-14-26-19/h2,8-14,16,18,31H,4-7H2,(H,26,27)(H,25,29,30). The molecule has 4 aromatic rings. The highest BCUT2D eigenvalue weighted by atomic mass is 16.3. The highest BCUT2D eigenvalue weighted by Crippen LogP contribution is 2.21. The van der Waals surface area contributed by atoms with Crippen LogP contribution in [0.4, 0.5) is 5.95 Å². The van der Waals surface area contributed by atoms with E-state index in [-0.39, 0.29) is 12.1 Å². The van der Waals surface area contributed by atoms with Crippen LogP contribution in [0, 0.1) is 11.8 Å². The van der Waals surface area contributed by atoms with Crippen LogP contribution in [0.3, 0.4) is 0 Å². The quantitative estimate of drug-likeness (QED) is 0.444. The number of benzene rings is 1. The number of aliphatic hydroxyl groups is 1. The molecule has 8 heteroatoms. The van der Waals surface area contributed by atoms with Gasteiger partial charge in [-0.25, -0.2) is 24.9 Å². The predicted molar refractivity (Wildman–Crippen MR) is 117 cm³/mol. The van der Waals surface area contributed by atoms with Crippen molar-refractivity contribution in [2.75, 3.05) is 5.32 Å². The van der Waals surface area contributed by atoms with Crippen LogP contribution >= 0.6 is 0 Å². The third-order valence-electron chi connectivity index (χ3n) is 5.33. The molecule has 3 aromatic heterocycles. The Labute approximate surface area is 179 Å². The Morgan fingerprint density at radius 3 is 2.71 bits per heavy atom. The molecular formula is C23H21N7O. The van der Waals surface area contributed by atoms with Gasteiger partial charge in [-0.15, -0.1) is 0 Å². The number of hydrogen-bond acceptors (Lipinski definition) is 7. The van der Waals surface area contributed by atoms with Crippen molar-refractivity contribution in [1.82, 2.24) is 29.9 Å². The topological polar surface area (TPSA) is 112 Å². The van der Waals surface area contributed by atoms with Gasteiger partial charge in [0.1, 0.15) is 11.4 Å². The first-order chi connectivity index (χ1) is 15.2. The van der Waals surface area contributed by atoms with Gasteiger partial charge in [0.15, 0.2) is 5.82 Å². The number of hydrogen-bond donors (Lipinski definition) is 3. The van der Waals surface area contributed by atoms with Crippen molar-refractivity contribution in [2.24, 2.45) is 0 Å². The highest BCUT2D eigenvalue weighted by Gasteiger charge is 2.20. The zero-order chi connectivity index (χ0) is 21.0. The van der Waals surface area contributed by atoms with Crippen LogP contribution in [0.5, 0.6) is 0 Å². The van der Waals surface area contributed by atoms with E-state index in [1.54, 1.807) is 30.9 Å². The molecule has 0 radical (unpaired) electrons. The molecule has 1 saturated carbocycles. The van der Waals surface area contributed by atoms with Gasteiger partial charge in [-0.1, -0.05) is 5.92 Å². The van der Waals surface area contributed by atoms with E-state index in [9.17, 15) is 5.11 Å². The molecule has 0 saturated heterocycles. The third kappa shape index (κ3) is 4.52. The number of aromatic amines is 1. The molecule has 1 aliphatic rings. The molecule has 1 fully saturated rings. The average molecular weight is 411 g/mol. The van der Waals surface area contributed by atoms with Crippen LogP contribution < -0.4 is 5.32 Å². The number of H-pyrrole nitrogens is 1. The predicted octanol–water partition coefficient (Wildman–Crippen LogP) is 2.93. The number of aromatic nitrogens is 6. The van der Waals surface area contributed by atoms with E-state index in [4.69, 9.17) is 0 Å². The summed E-state index contributed by atoms with van der Waals surface area (Å²) in [5.74, 6) is 7.28. The number of rotatable bonds is 3. The number of nitrogens with one attached hydrogen (secondary N) is 2. The Hall–Kier alpha value is -3.83. The Morgan fingerprint density at radius 1 is 0.935 bits per heavy atom. The number of fused-ring (bicyclic) bond motifs is 1. The molecule has 154 valence electrons. The fourth-order valence-electron chi connectivity index (χ4n) is 3.66. The molecule has 0 spiro atoms. The van der Waals surface area contributed by atoms with Gasteiger partial charge in [-0.3, -0.25) is 0 Å². The first kappa shape index (κ1) is 19.2. The van der Waals surface area contributed by atoms with Gasteiger partial charge in [-0.2, -0.15) is 0 Å². The second-order valence-corrected chi connectivity index (χ2v) is 7.57. The lowest BCUT2D eigenvalue weighted by Crippen LogP contribution is -2.28. The molecule has 0 bridgehead atoms. The number of nitrogens with zero attached hydrogens (tertiary/aromatic N) is 5. The second-order valence-electron chi connectivity index (χ2n) is 7.57. The summed E-state index contributed by atoms with van der Waals surface area (Å²) in [7, 11) is 0. The summed E-state index contributed by atoms with van der Waals surface area (Å²) in [6.07, 6.45) is 8.26. The minimum Gasteiger partial charge on any atom is -0.393 e. The molecule has 8 nitrogen and oxygen atoms in total. The van der Waals surface area contributed by atoms with Gasteiger partial charge < -0.3 is 15.4 Å². The van der Waals surface area contributed by atoms with Crippen molar-refractivity contribution in [2.45, 2.75) is 37.8 Å². The molecule has 31 heavy (non-hydrogen) atoms. The van der Waals surface area contributed by atoms with Crippen molar-refractivity contribution in [1.29, 1.82) is 0 Å². The summed E-state index contributed by atoms with van der Waals surface area (Å²) >= 11 is 0. The zero-order valence-electron chi connectivity index (χ0n) is 16.8. The second kappa shape index (κ2) is 8.50. The van der Waals surface area contributed by atoms with Crippen molar-refractivity contribution in [3.63, 3.8) is 0 Å². The Morgan fingerprint density at radius 2 is 1.81 bits per heavy atom. The van der Waals surface area contributed by atoms with E-state index in [0.29, 0.717) is 23.2 Å². The molecule has 1 aliphatic carbocycles. The lowest BCUT2D eigenvalue weighted by atomic mass is 9.93. The maximum atomic E-state index is 9.67. The van der Waals surface area contributed by atoms with E-state index in [1.165, 1.54) is 0 Å². The van der Waals surface area contributed by atoms with Gasteiger partial charge in [0.05, 0.1) is 23.5 Å². The van der Waals surface area contributed by atoms with Crippen LogP contribution in [0.2, 0.25) is 0 Å². The Kier molecular flexibility index (Phi) is 5.25. The fraction of sp³-hybridized carbons (Fsp3) is 0.261. The summed E-state index contributed by atoms with van der Waals surface area (Å²) in [5.41, 5.74) is 3.99. The van der Waals surface area contributed by atoms with E-state index in [2.05, 4.69) is 47.1 Å². The normalized spacial score (nSPS) is 18.4. The lowest BCUT2D eigenvalue weighted by molar-refractivity contribution is 0.126. The van der Waals surface area contributed by atoms with Crippen molar-refractivity contribution in [3.05, 3.63) is 60.3 Å². The fourth-order valence-corrected chi connectivity index (χ4v) is 3.66. The van der Waals surface area contributed by atoms with Crippen LogP contribution in [0.15, 0.2) is 49.1 Å². The first-order valence-electron chi connectivity index (χ1n) is 10.3. The van der Waals surface area contributed by atoms with Crippen LogP contribution in [0.25, 0.3) is 22.6 Å². The van der Waals surface area contributed by atoms with Crippen molar-refractivity contribution < 1.29 is 5.11 Å². The molecule has 1 aromatic carbocycles. The van der Waals surface area contributed by atoms with Gasteiger partial charge >= 0.3 is 0 Å². The summed E-state index contributed by atoms with van der Waals surface area (Å²) < 4.78 is 0. The maximum Gasteiger partial charge on any atom is 0.223 e. The lowest BCUT2D eigenvalue weighted by Gasteiger charge is -2.26. The number of imidazole rings is 1. The van der Waals surface area contributed by atoms with E-state index in [0.717, 1.165) is 42.3 Å². The molecule has 0 amide bonds. The number of anilines is 1. The van der Waals surface area contributed by atoms with E-state index >= 15 is 0 Å². The smallest absolute Gasteiger partial charge is 0.223 e. The van der Waals surface area contributed by atoms with Gasteiger partial charge in [0.25, 0.3) is 0 Å². The SMILES string of the molecule is OC1CCC(Nc2nccc(-c3nccc(C#Cc4ccc5nc[nH]c5c4)n3)n2)CC1. The highest BCUT2D eigenvalue weighted by molar-refractivity contribution is 5.76. The summed E-state index contributed by atoms with van der Waals surface area (Å²) in [6, 6.07) is 9.66. The van der Waals surface area contributed by atoms with E-state index in [1.807, 2.05) is 18.2 Å². The minimum absolute atomic E-state index is 0.191. The summed E-state index contributed by atoms with van der Waals surface area (Å²) in [4.78, 5) is 25.1. The monoisotopic (exact) mass is 411 g/mol. The van der Waals surface area contributed by atoms with Crippen LogP contribution in [-0.2, 0) is 0 Å². The minimum atomic E-state index is -0.191. The first-order valence-corrected chi connectivity index (χ1v) is 10.3. The maximum absolute atomic E-state index is 9.67. The average Bonchev–Trinajstić information content (AvgIpc) is 3.28. The van der Waals surface area contributed by atoms with Crippen LogP contribution in [0.1, 0.15) is 36.9 Å². The van der Waals surface area contributed by atoms with Gasteiger partial charge in [0, 0.05) is 24.0 Å². The molecule has 3 heterocycles. The van der Waals surface area contributed by atoms with Crippen molar-refractivity contribution in [3.8, 4) is 23.4 Å². The largest absolute Gasteiger partial charge is 0.393 e. The third-order valence-corrected chi connectivity index (χ3v) is 5.33. The molecular weight excluding hydrogens is 390 g/mol. The van der Waals surface area contributed by atoms with Crippen LogP contribution in [-0.4, -0.2) is 47.2 Å². The molecule has 5 rings (SSSR count). The van der Waals surface area contributed by atoms with Gasteiger partial charge in [-0.05, 0) is 61.9 Å².